The largest absolute Gasteiger partial charge is 0.383 e. The molecule has 0 aliphatic carbocycles. The van der Waals surface area contributed by atoms with Crippen LogP contribution in [-0.2, 0) is 11.2 Å². The van der Waals surface area contributed by atoms with Gasteiger partial charge in [0.05, 0.1) is 6.61 Å². The number of rotatable bonds is 5. The molecule has 1 unspecified atom stereocenters. The van der Waals surface area contributed by atoms with Crippen LogP contribution in [-0.4, -0.2) is 23.9 Å². The molecule has 0 fully saturated rings. The summed E-state index contributed by atoms with van der Waals surface area (Å²) in [6.07, 6.45) is 0.458. The van der Waals surface area contributed by atoms with Crippen LogP contribution >= 0.6 is 23.2 Å². The van der Waals surface area contributed by atoms with Gasteiger partial charge in [-0.25, -0.2) is 0 Å². The number of methoxy groups -OCH3 is 1. The van der Waals surface area contributed by atoms with Gasteiger partial charge in [0.1, 0.15) is 6.04 Å². The lowest BCUT2D eigenvalue weighted by Gasteiger charge is -2.03. The molecule has 0 saturated carbocycles. The number of hydrogen-bond acceptors (Lipinski definition) is 5. The maximum atomic E-state index is 6.08. The molecule has 0 bridgehead atoms. The number of hydrogen-bond donors (Lipinski definition) is 1. The van der Waals surface area contributed by atoms with Crippen molar-refractivity contribution >= 4 is 23.2 Å². The second kappa shape index (κ2) is 6.34. The number of nitrogens with two attached hydrogens (primary N) is 1. The van der Waals surface area contributed by atoms with E-state index in [9.17, 15) is 0 Å². The summed E-state index contributed by atoms with van der Waals surface area (Å²) in [6.45, 7) is 0.323. The van der Waals surface area contributed by atoms with Crippen LogP contribution in [0.3, 0.4) is 0 Å². The summed E-state index contributed by atoms with van der Waals surface area (Å²) >= 11 is 11.9. The van der Waals surface area contributed by atoms with Crippen molar-refractivity contribution in [3.8, 4) is 0 Å². The van der Waals surface area contributed by atoms with Crippen LogP contribution in [0.4, 0.5) is 0 Å². The summed E-state index contributed by atoms with van der Waals surface area (Å²) in [5.41, 5.74) is 6.67. The maximum Gasteiger partial charge on any atom is 0.245 e. The van der Waals surface area contributed by atoms with Crippen molar-refractivity contribution in [2.45, 2.75) is 12.5 Å². The highest BCUT2D eigenvalue weighted by atomic mass is 35.5. The Kier molecular flexibility index (Phi) is 4.76. The van der Waals surface area contributed by atoms with Gasteiger partial charge in [-0.1, -0.05) is 34.4 Å². The fourth-order valence-electron chi connectivity index (χ4n) is 1.58. The fourth-order valence-corrected chi connectivity index (χ4v) is 2.05. The van der Waals surface area contributed by atoms with E-state index in [-0.39, 0.29) is 0 Å². The molecular weight excluding hydrogens is 289 g/mol. The Bertz CT molecular complexity index is 560. The normalized spacial score (nSPS) is 12.6. The number of ether oxygens (including phenoxy) is 1. The lowest BCUT2D eigenvalue weighted by atomic mass is 10.1. The third kappa shape index (κ3) is 3.67. The van der Waals surface area contributed by atoms with Gasteiger partial charge in [-0.2, -0.15) is 4.98 Å². The van der Waals surface area contributed by atoms with Crippen LogP contribution < -0.4 is 5.73 Å². The van der Waals surface area contributed by atoms with Gasteiger partial charge in [0.15, 0.2) is 5.82 Å². The Labute approximate surface area is 120 Å². The lowest BCUT2D eigenvalue weighted by molar-refractivity contribution is 0.166. The van der Waals surface area contributed by atoms with Crippen LogP contribution in [0.1, 0.15) is 23.3 Å². The van der Waals surface area contributed by atoms with Crippen molar-refractivity contribution < 1.29 is 9.26 Å². The van der Waals surface area contributed by atoms with Gasteiger partial charge in [-0.3, -0.25) is 0 Å². The molecule has 0 saturated heterocycles. The molecule has 19 heavy (non-hydrogen) atoms. The Morgan fingerprint density at radius 2 is 2.21 bits per heavy atom. The first kappa shape index (κ1) is 14.3. The van der Waals surface area contributed by atoms with Gasteiger partial charge in [-0.05, 0) is 17.7 Å². The minimum absolute atomic E-state index is 0.323. The van der Waals surface area contributed by atoms with Crippen LogP contribution in [0.25, 0.3) is 0 Å². The number of benzene rings is 1. The monoisotopic (exact) mass is 301 g/mol. The zero-order chi connectivity index (χ0) is 13.8. The van der Waals surface area contributed by atoms with Gasteiger partial charge in [0.2, 0.25) is 5.89 Å². The molecule has 0 aliphatic heterocycles. The van der Waals surface area contributed by atoms with E-state index in [4.69, 9.17) is 38.2 Å². The second-order valence-electron chi connectivity index (χ2n) is 4.02. The molecule has 1 aromatic carbocycles. The standard InChI is InChI=1S/C12H13Cl2N3O2/c1-18-6-10(15)12-16-11(17-19-12)4-7-2-3-8(13)5-9(7)14/h2-3,5,10H,4,6,15H2,1H3. The van der Waals surface area contributed by atoms with Gasteiger partial charge in [0.25, 0.3) is 0 Å². The summed E-state index contributed by atoms with van der Waals surface area (Å²) in [5, 5.41) is 5.02. The number of aromatic nitrogens is 2. The van der Waals surface area contributed by atoms with Gasteiger partial charge >= 0.3 is 0 Å². The highest BCUT2D eigenvalue weighted by Gasteiger charge is 2.15. The molecule has 2 aromatic rings. The van der Waals surface area contributed by atoms with Gasteiger partial charge in [0, 0.05) is 23.6 Å². The average molecular weight is 302 g/mol. The first-order valence-electron chi connectivity index (χ1n) is 5.61. The molecule has 2 rings (SSSR count). The number of nitrogens with zero attached hydrogens (tertiary/aromatic N) is 2. The van der Waals surface area contributed by atoms with E-state index in [0.29, 0.717) is 34.8 Å². The second-order valence-corrected chi connectivity index (χ2v) is 4.87. The maximum absolute atomic E-state index is 6.08. The highest BCUT2D eigenvalue weighted by molar-refractivity contribution is 6.35. The van der Waals surface area contributed by atoms with Crippen LogP contribution in [0.15, 0.2) is 22.7 Å². The summed E-state index contributed by atoms with van der Waals surface area (Å²) in [4.78, 5) is 4.21. The van der Waals surface area contributed by atoms with E-state index in [0.717, 1.165) is 5.56 Å². The van der Waals surface area contributed by atoms with Gasteiger partial charge < -0.3 is 15.0 Å². The quantitative estimate of drug-likeness (QED) is 0.919. The summed E-state index contributed by atoms with van der Waals surface area (Å²) < 4.78 is 10.0. The zero-order valence-electron chi connectivity index (χ0n) is 10.3. The van der Waals surface area contributed by atoms with Crippen molar-refractivity contribution in [3.05, 3.63) is 45.5 Å². The summed E-state index contributed by atoms with van der Waals surface area (Å²) in [5.74, 6) is 0.868. The molecule has 0 amide bonds. The third-order valence-electron chi connectivity index (χ3n) is 2.51. The lowest BCUT2D eigenvalue weighted by Crippen LogP contribution is -2.16. The van der Waals surface area contributed by atoms with E-state index in [1.165, 1.54) is 0 Å². The molecule has 1 heterocycles. The van der Waals surface area contributed by atoms with E-state index < -0.39 is 6.04 Å². The van der Waals surface area contributed by atoms with Crippen LogP contribution in [0, 0.1) is 0 Å². The minimum atomic E-state index is -0.424. The van der Waals surface area contributed by atoms with Gasteiger partial charge in [-0.15, -0.1) is 0 Å². The average Bonchev–Trinajstić information content (AvgIpc) is 2.82. The van der Waals surface area contributed by atoms with E-state index in [1.807, 2.05) is 6.07 Å². The SMILES string of the molecule is COCC(N)c1nc(Cc2ccc(Cl)cc2Cl)no1. The van der Waals surface area contributed by atoms with Crippen molar-refractivity contribution in [1.82, 2.24) is 10.1 Å². The molecule has 1 aromatic heterocycles. The van der Waals surface area contributed by atoms with Crippen molar-refractivity contribution in [1.29, 1.82) is 0 Å². The molecule has 0 spiro atoms. The number of halogens is 2. The van der Waals surface area contributed by atoms with E-state index in [2.05, 4.69) is 10.1 Å². The third-order valence-corrected chi connectivity index (χ3v) is 3.10. The van der Waals surface area contributed by atoms with Crippen LogP contribution in [0.5, 0.6) is 0 Å². The van der Waals surface area contributed by atoms with Crippen molar-refractivity contribution in [2.24, 2.45) is 5.73 Å². The molecule has 0 aliphatic rings. The first-order chi connectivity index (χ1) is 9.10. The molecule has 102 valence electrons. The highest BCUT2D eigenvalue weighted by Crippen LogP contribution is 2.23. The molecule has 2 N–H and O–H groups in total. The Morgan fingerprint density at radius 1 is 1.42 bits per heavy atom. The van der Waals surface area contributed by atoms with Crippen LogP contribution in [0.2, 0.25) is 10.0 Å². The fraction of sp³-hybridized carbons (Fsp3) is 0.333. The molecule has 7 heteroatoms. The molecule has 0 radical (unpaired) electrons. The smallest absolute Gasteiger partial charge is 0.245 e. The van der Waals surface area contributed by atoms with E-state index >= 15 is 0 Å². The zero-order valence-corrected chi connectivity index (χ0v) is 11.8. The topological polar surface area (TPSA) is 74.2 Å². The molecule has 5 nitrogen and oxygen atoms in total. The van der Waals surface area contributed by atoms with E-state index in [1.54, 1.807) is 19.2 Å². The minimum Gasteiger partial charge on any atom is -0.383 e. The Balaban J connectivity index is 2.11. The Hall–Kier alpha value is -1.14. The predicted molar refractivity (Wildman–Crippen MR) is 72.4 cm³/mol. The van der Waals surface area contributed by atoms with Crippen molar-refractivity contribution in [2.75, 3.05) is 13.7 Å². The first-order valence-corrected chi connectivity index (χ1v) is 6.36. The Morgan fingerprint density at radius 3 is 2.89 bits per heavy atom. The molecular formula is C12H13Cl2N3O2. The predicted octanol–water partition coefficient (Wildman–Crippen LogP) is 2.61. The van der Waals surface area contributed by atoms with Crippen molar-refractivity contribution in [3.63, 3.8) is 0 Å². The summed E-state index contributed by atoms with van der Waals surface area (Å²) in [7, 11) is 1.56. The molecule has 1 atom stereocenters. The summed E-state index contributed by atoms with van der Waals surface area (Å²) in [6, 6.07) is 4.85.